The Labute approximate surface area is 131 Å². The van der Waals surface area contributed by atoms with Crippen LogP contribution in [0.3, 0.4) is 0 Å². The molecule has 1 heterocycles. The summed E-state index contributed by atoms with van der Waals surface area (Å²) in [6.45, 7) is 7.10. The Kier molecular flexibility index (Phi) is 5.12. The van der Waals surface area contributed by atoms with E-state index in [2.05, 4.69) is 36.4 Å². The second kappa shape index (κ2) is 6.67. The van der Waals surface area contributed by atoms with E-state index in [-0.39, 0.29) is 5.91 Å². The molecule has 4 nitrogen and oxygen atoms in total. The van der Waals surface area contributed by atoms with Crippen molar-refractivity contribution in [2.75, 3.05) is 24.2 Å². The smallest absolute Gasteiger partial charge is 0.221 e. The van der Waals surface area contributed by atoms with Gasteiger partial charge in [0.1, 0.15) is 0 Å². The number of piperidine rings is 1. The fourth-order valence-corrected chi connectivity index (χ4v) is 3.08. The van der Waals surface area contributed by atoms with Crippen molar-refractivity contribution < 1.29 is 4.79 Å². The van der Waals surface area contributed by atoms with Gasteiger partial charge in [0.25, 0.3) is 0 Å². The topological polar surface area (TPSA) is 44.4 Å². The average molecular weight is 310 g/mol. The number of carbonyl (C=O) groups is 1. The average Bonchev–Trinajstić information content (AvgIpc) is 2.39. The highest BCUT2D eigenvalue weighted by molar-refractivity contribution is 6.34. The number of halogens is 1. The molecule has 0 saturated carbocycles. The number of hydrogen-bond acceptors (Lipinski definition) is 3. The lowest BCUT2D eigenvalue weighted by molar-refractivity contribution is -0.114. The summed E-state index contributed by atoms with van der Waals surface area (Å²) in [6, 6.07) is 6.71. The maximum absolute atomic E-state index is 11.1. The van der Waals surface area contributed by atoms with Crippen molar-refractivity contribution in [3.63, 3.8) is 0 Å². The molecule has 1 aliphatic rings. The lowest BCUT2D eigenvalue weighted by atomic mass is 9.89. The zero-order chi connectivity index (χ0) is 15.6. The van der Waals surface area contributed by atoms with Gasteiger partial charge in [0.15, 0.2) is 0 Å². The van der Waals surface area contributed by atoms with E-state index in [9.17, 15) is 4.79 Å². The highest BCUT2D eigenvalue weighted by Crippen LogP contribution is 2.29. The van der Waals surface area contributed by atoms with E-state index in [1.807, 2.05) is 18.2 Å². The van der Waals surface area contributed by atoms with Crippen molar-refractivity contribution in [2.24, 2.45) is 5.92 Å². The molecule has 0 spiro atoms. The van der Waals surface area contributed by atoms with E-state index in [0.717, 1.165) is 18.7 Å². The Balaban J connectivity index is 2.06. The molecule has 1 aliphatic heterocycles. The van der Waals surface area contributed by atoms with Crippen LogP contribution in [0.1, 0.15) is 27.2 Å². The zero-order valence-electron chi connectivity index (χ0n) is 13.1. The maximum Gasteiger partial charge on any atom is 0.221 e. The molecule has 1 saturated heterocycles. The molecule has 116 valence electrons. The van der Waals surface area contributed by atoms with Crippen molar-refractivity contribution in [1.82, 2.24) is 4.90 Å². The van der Waals surface area contributed by atoms with Gasteiger partial charge in [-0.05, 0) is 44.5 Å². The van der Waals surface area contributed by atoms with E-state index in [4.69, 9.17) is 11.6 Å². The van der Waals surface area contributed by atoms with Gasteiger partial charge in [0.2, 0.25) is 5.91 Å². The monoisotopic (exact) mass is 309 g/mol. The molecule has 3 unspecified atom stereocenters. The second-order valence-corrected chi connectivity index (χ2v) is 6.54. The molecule has 0 bridgehead atoms. The third kappa shape index (κ3) is 4.11. The van der Waals surface area contributed by atoms with E-state index < -0.39 is 0 Å². The Bertz CT molecular complexity index is 520. The van der Waals surface area contributed by atoms with Gasteiger partial charge in [-0.3, -0.25) is 4.79 Å². The van der Waals surface area contributed by atoms with Crippen molar-refractivity contribution in [3.05, 3.63) is 23.2 Å². The van der Waals surface area contributed by atoms with Gasteiger partial charge in [-0.25, -0.2) is 0 Å². The molecule has 1 fully saturated rings. The largest absolute Gasteiger partial charge is 0.382 e. The fourth-order valence-electron chi connectivity index (χ4n) is 2.85. The van der Waals surface area contributed by atoms with Gasteiger partial charge in [-0.15, -0.1) is 0 Å². The lowest BCUT2D eigenvalue weighted by Gasteiger charge is -2.40. The lowest BCUT2D eigenvalue weighted by Crippen LogP contribution is -2.48. The van der Waals surface area contributed by atoms with E-state index in [0.29, 0.717) is 28.7 Å². The molecule has 1 aromatic rings. The Morgan fingerprint density at radius 3 is 2.71 bits per heavy atom. The fraction of sp³-hybridized carbons (Fsp3) is 0.562. The van der Waals surface area contributed by atoms with Gasteiger partial charge in [-0.1, -0.05) is 18.5 Å². The summed E-state index contributed by atoms with van der Waals surface area (Å²) < 4.78 is 0. The summed E-state index contributed by atoms with van der Waals surface area (Å²) in [5.74, 6) is 0.468. The SMILES string of the molecule is CC(=O)Nc1ccc(NC2CC(C)N(C)CC2C)cc1Cl. The Morgan fingerprint density at radius 2 is 2.10 bits per heavy atom. The molecule has 2 rings (SSSR count). The molecule has 0 radical (unpaired) electrons. The number of nitrogens with zero attached hydrogens (tertiary/aromatic N) is 1. The molecule has 0 aromatic heterocycles. The molecular formula is C16H24ClN3O. The number of anilines is 2. The van der Waals surface area contributed by atoms with Crippen LogP contribution in [0, 0.1) is 5.92 Å². The summed E-state index contributed by atoms with van der Waals surface area (Å²) in [5.41, 5.74) is 1.65. The van der Waals surface area contributed by atoms with E-state index in [1.54, 1.807) is 0 Å². The van der Waals surface area contributed by atoms with E-state index >= 15 is 0 Å². The number of amides is 1. The molecule has 1 amide bonds. The van der Waals surface area contributed by atoms with Crippen LogP contribution < -0.4 is 10.6 Å². The summed E-state index contributed by atoms with van der Waals surface area (Å²) in [7, 11) is 2.18. The standard InChI is InChI=1S/C16H24ClN3O/c1-10-9-20(4)11(2)7-16(10)19-13-5-6-15(14(17)8-13)18-12(3)21/h5-6,8,10-11,16,19H,7,9H2,1-4H3,(H,18,21). The van der Waals surface area contributed by atoms with Gasteiger partial charge in [0.05, 0.1) is 10.7 Å². The normalized spacial score (nSPS) is 26.4. The summed E-state index contributed by atoms with van der Waals surface area (Å²) in [5, 5.41) is 6.86. The second-order valence-electron chi connectivity index (χ2n) is 6.13. The first-order valence-corrected chi connectivity index (χ1v) is 7.78. The number of carbonyl (C=O) groups excluding carboxylic acids is 1. The number of likely N-dealkylation sites (tertiary alicyclic amines) is 1. The van der Waals surface area contributed by atoms with Gasteiger partial charge in [-0.2, -0.15) is 0 Å². The quantitative estimate of drug-likeness (QED) is 0.899. The minimum absolute atomic E-state index is 0.115. The minimum atomic E-state index is -0.115. The Morgan fingerprint density at radius 1 is 1.38 bits per heavy atom. The van der Waals surface area contributed by atoms with Crippen molar-refractivity contribution in [3.8, 4) is 0 Å². The van der Waals surface area contributed by atoms with Crippen molar-refractivity contribution in [2.45, 2.75) is 39.3 Å². The molecule has 21 heavy (non-hydrogen) atoms. The zero-order valence-corrected chi connectivity index (χ0v) is 13.9. The van der Waals surface area contributed by atoms with Crippen LogP contribution in [0.4, 0.5) is 11.4 Å². The van der Waals surface area contributed by atoms with Crippen LogP contribution in [-0.2, 0) is 4.79 Å². The highest BCUT2D eigenvalue weighted by atomic mass is 35.5. The van der Waals surface area contributed by atoms with Crippen LogP contribution in [0.5, 0.6) is 0 Å². The molecule has 3 atom stereocenters. The van der Waals surface area contributed by atoms with Crippen molar-refractivity contribution in [1.29, 1.82) is 0 Å². The molecular weight excluding hydrogens is 286 g/mol. The number of hydrogen-bond donors (Lipinski definition) is 2. The van der Waals surface area contributed by atoms with Crippen LogP contribution in [0.2, 0.25) is 5.02 Å². The number of rotatable bonds is 3. The van der Waals surface area contributed by atoms with Crippen LogP contribution >= 0.6 is 11.6 Å². The molecule has 0 aliphatic carbocycles. The third-order valence-corrected chi connectivity index (χ3v) is 4.55. The van der Waals surface area contributed by atoms with Gasteiger partial charge < -0.3 is 15.5 Å². The highest BCUT2D eigenvalue weighted by Gasteiger charge is 2.28. The molecule has 2 N–H and O–H groups in total. The summed E-state index contributed by atoms with van der Waals surface area (Å²) in [4.78, 5) is 13.5. The molecule has 5 heteroatoms. The van der Waals surface area contributed by atoms with Gasteiger partial charge in [0, 0.05) is 31.2 Å². The number of nitrogens with one attached hydrogen (secondary N) is 2. The predicted octanol–water partition coefficient (Wildman–Crippen LogP) is 3.44. The number of benzene rings is 1. The first kappa shape index (κ1) is 16.1. The first-order chi connectivity index (χ1) is 9.86. The third-order valence-electron chi connectivity index (χ3n) is 4.24. The molecule has 1 aromatic carbocycles. The van der Waals surface area contributed by atoms with E-state index in [1.165, 1.54) is 6.92 Å². The van der Waals surface area contributed by atoms with Crippen LogP contribution in [0.25, 0.3) is 0 Å². The predicted molar refractivity (Wildman–Crippen MR) is 89.0 cm³/mol. The van der Waals surface area contributed by atoms with Crippen LogP contribution in [0.15, 0.2) is 18.2 Å². The summed E-state index contributed by atoms with van der Waals surface area (Å²) in [6.07, 6.45) is 1.11. The Hall–Kier alpha value is -1.26. The van der Waals surface area contributed by atoms with Crippen LogP contribution in [-0.4, -0.2) is 36.5 Å². The first-order valence-electron chi connectivity index (χ1n) is 7.40. The minimum Gasteiger partial charge on any atom is -0.382 e. The van der Waals surface area contributed by atoms with Crippen molar-refractivity contribution >= 4 is 28.9 Å². The van der Waals surface area contributed by atoms with Gasteiger partial charge >= 0.3 is 0 Å². The summed E-state index contributed by atoms with van der Waals surface area (Å²) >= 11 is 6.22. The maximum atomic E-state index is 11.1.